The predicted octanol–water partition coefficient (Wildman–Crippen LogP) is 5.50. The van der Waals surface area contributed by atoms with Crippen LogP contribution in [0.1, 0.15) is 63.4 Å². The van der Waals surface area contributed by atoms with Crippen LogP contribution in [-0.4, -0.2) is 13.1 Å². The van der Waals surface area contributed by atoms with Crippen molar-refractivity contribution in [2.45, 2.75) is 57.8 Å². The molecule has 0 radical (unpaired) electrons. The van der Waals surface area contributed by atoms with Gasteiger partial charge in [-0.1, -0.05) is 60.7 Å². The minimum atomic E-state index is 0.688. The Kier molecular flexibility index (Phi) is 7.09. The van der Waals surface area contributed by atoms with Crippen molar-refractivity contribution in [3.63, 3.8) is 0 Å². The van der Waals surface area contributed by atoms with E-state index >= 15 is 0 Å². The van der Waals surface area contributed by atoms with Crippen LogP contribution in [-0.2, 0) is 0 Å². The van der Waals surface area contributed by atoms with E-state index in [1.165, 1.54) is 55.0 Å². The molecule has 1 aliphatic rings. The molecule has 0 bridgehead atoms. The Hall–Kier alpha value is -0.340. The molecule has 1 fully saturated rings. The molecule has 1 aromatic carbocycles. The molecule has 0 aliphatic heterocycles. The van der Waals surface area contributed by atoms with Crippen LogP contribution in [0.5, 0.6) is 0 Å². The van der Waals surface area contributed by atoms with E-state index in [-0.39, 0.29) is 0 Å². The average molecular weight is 338 g/mol. The molecule has 0 heterocycles. The van der Waals surface area contributed by atoms with Crippen molar-refractivity contribution in [3.8, 4) is 0 Å². The smallest absolute Gasteiger partial charge is 0.0175 e. The van der Waals surface area contributed by atoms with Crippen molar-refractivity contribution in [2.24, 2.45) is 5.92 Å². The lowest BCUT2D eigenvalue weighted by atomic mass is 9.81. The Morgan fingerprint density at radius 3 is 2.35 bits per heavy atom. The van der Waals surface area contributed by atoms with Crippen molar-refractivity contribution in [2.75, 3.05) is 13.1 Å². The highest BCUT2D eigenvalue weighted by Crippen LogP contribution is 2.35. The fraction of sp³-hybridized carbons (Fsp3) is 0.667. The van der Waals surface area contributed by atoms with Gasteiger partial charge < -0.3 is 5.32 Å². The third kappa shape index (κ3) is 4.89. The number of halogens is 1. The number of rotatable bonds is 6. The Bertz CT molecular complexity index is 366. The zero-order valence-corrected chi connectivity index (χ0v) is 14.3. The van der Waals surface area contributed by atoms with Gasteiger partial charge in [0.1, 0.15) is 0 Å². The molecular formula is C18H28BrN. The van der Waals surface area contributed by atoms with E-state index in [0.29, 0.717) is 5.92 Å². The van der Waals surface area contributed by atoms with Gasteiger partial charge in [-0.3, -0.25) is 0 Å². The fourth-order valence-corrected chi connectivity index (χ4v) is 3.68. The van der Waals surface area contributed by atoms with Crippen LogP contribution in [0.4, 0.5) is 0 Å². The van der Waals surface area contributed by atoms with Gasteiger partial charge in [-0.15, -0.1) is 0 Å². The minimum Gasteiger partial charge on any atom is -0.316 e. The molecule has 112 valence electrons. The summed E-state index contributed by atoms with van der Waals surface area (Å²) in [6.45, 7) is 4.52. The molecule has 1 saturated carbocycles. The zero-order valence-electron chi connectivity index (χ0n) is 12.7. The molecule has 1 N–H and O–H groups in total. The van der Waals surface area contributed by atoms with Crippen LogP contribution in [0.25, 0.3) is 0 Å². The summed E-state index contributed by atoms with van der Waals surface area (Å²) in [5, 5.41) is 3.65. The molecular weight excluding hydrogens is 310 g/mol. The number of nitrogens with one attached hydrogen (secondary N) is 1. The van der Waals surface area contributed by atoms with Gasteiger partial charge in [0.05, 0.1) is 0 Å². The maximum atomic E-state index is 3.65. The third-order valence-electron chi connectivity index (χ3n) is 4.56. The lowest BCUT2D eigenvalue weighted by Gasteiger charge is -2.27. The second kappa shape index (κ2) is 8.84. The first-order valence-corrected chi connectivity index (χ1v) is 9.06. The third-order valence-corrected chi connectivity index (χ3v) is 5.09. The topological polar surface area (TPSA) is 12.0 Å². The first-order valence-electron chi connectivity index (χ1n) is 8.27. The second-order valence-electron chi connectivity index (χ2n) is 6.11. The number of hydrogen-bond donors (Lipinski definition) is 1. The van der Waals surface area contributed by atoms with Crippen LogP contribution in [0.3, 0.4) is 0 Å². The fourth-order valence-electron chi connectivity index (χ4n) is 3.41. The maximum absolute atomic E-state index is 3.65. The summed E-state index contributed by atoms with van der Waals surface area (Å²) in [6.07, 6.45) is 9.76. The maximum Gasteiger partial charge on any atom is 0.0175 e. The molecule has 0 aromatic heterocycles. The summed E-state index contributed by atoms with van der Waals surface area (Å²) in [6, 6.07) is 9.01. The molecule has 1 aliphatic carbocycles. The van der Waals surface area contributed by atoms with Crippen LogP contribution in [0, 0.1) is 5.92 Å². The predicted molar refractivity (Wildman–Crippen MR) is 91.2 cm³/mol. The second-order valence-corrected chi connectivity index (χ2v) is 7.03. The highest BCUT2D eigenvalue weighted by Gasteiger charge is 2.23. The van der Waals surface area contributed by atoms with Gasteiger partial charge in [0.2, 0.25) is 0 Å². The standard InChI is InChI=1S/C18H28BrN/c1-2-13-20-14-18(15-7-5-3-4-6-8-15)16-9-11-17(19)12-10-16/h9-12,15,18,20H,2-8,13-14H2,1H3. The van der Waals surface area contributed by atoms with Gasteiger partial charge >= 0.3 is 0 Å². The first kappa shape index (κ1) is 16.0. The van der Waals surface area contributed by atoms with Crippen molar-refractivity contribution in [3.05, 3.63) is 34.3 Å². The molecule has 1 unspecified atom stereocenters. The van der Waals surface area contributed by atoms with Crippen LogP contribution >= 0.6 is 15.9 Å². The molecule has 2 heteroatoms. The zero-order chi connectivity index (χ0) is 14.2. The summed E-state index contributed by atoms with van der Waals surface area (Å²) in [5.74, 6) is 1.55. The Labute approximate surface area is 132 Å². The lowest BCUT2D eigenvalue weighted by Crippen LogP contribution is -2.27. The SMILES string of the molecule is CCCNCC(c1ccc(Br)cc1)C1CCCCCC1. The Balaban J connectivity index is 2.07. The van der Waals surface area contributed by atoms with E-state index in [9.17, 15) is 0 Å². The lowest BCUT2D eigenvalue weighted by molar-refractivity contribution is 0.361. The highest BCUT2D eigenvalue weighted by atomic mass is 79.9. The monoisotopic (exact) mass is 337 g/mol. The quantitative estimate of drug-likeness (QED) is 0.533. The molecule has 1 nitrogen and oxygen atoms in total. The number of benzene rings is 1. The molecule has 1 aromatic rings. The van der Waals surface area contributed by atoms with Crippen molar-refractivity contribution >= 4 is 15.9 Å². The minimum absolute atomic E-state index is 0.688. The summed E-state index contributed by atoms with van der Waals surface area (Å²) in [4.78, 5) is 0. The van der Waals surface area contributed by atoms with Gasteiger partial charge in [-0.25, -0.2) is 0 Å². The van der Waals surface area contributed by atoms with Crippen molar-refractivity contribution in [1.29, 1.82) is 0 Å². The average Bonchev–Trinajstić information content (AvgIpc) is 2.74. The van der Waals surface area contributed by atoms with E-state index in [2.05, 4.69) is 52.4 Å². The van der Waals surface area contributed by atoms with E-state index in [4.69, 9.17) is 0 Å². The molecule has 1 atom stereocenters. The molecule has 0 spiro atoms. The molecule has 2 rings (SSSR count). The molecule has 0 amide bonds. The van der Waals surface area contributed by atoms with Crippen LogP contribution in [0.2, 0.25) is 0 Å². The normalized spacial score (nSPS) is 18.7. The van der Waals surface area contributed by atoms with Crippen molar-refractivity contribution < 1.29 is 0 Å². The summed E-state index contributed by atoms with van der Waals surface area (Å²) in [7, 11) is 0. The van der Waals surface area contributed by atoms with Crippen molar-refractivity contribution in [1.82, 2.24) is 5.32 Å². The van der Waals surface area contributed by atoms with E-state index in [1.54, 1.807) is 0 Å². The van der Waals surface area contributed by atoms with Gasteiger partial charge in [0.15, 0.2) is 0 Å². The first-order chi connectivity index (χ1) is 9.81. The van der Waals surface area contributed by atoms with Crippen LogP contribution < -0.4 is 5.32 Å². The summed E-state index contributed by atoms with van der Waals surface area (Å²) >= 11 is 3.55. The largest absolute Gasteiger partial charge is 0.316 e. The molecule has 20 heavy (non-hydrogen) atoms. The van der Waals surface area contributed by atoms with Gasteiger partial charge in [0.25, 0.3) is 0 Å². The van der Waals surface area contributed by atoms with Gasteiger partial charge in [0, 0.05) is 11.0 Å². The Morgan fingerprint density at radius 1 is 1.10 bits per heavy atom. The summed E-state index contributed by atoms with van der Waals surface area (Å²) < 4.78 is 1.18. The van der Waals surface area contributed by atoms with Gasteiger partial charge in [-0.2, -0.15) is 0 Å². The van der Waals surface area contributed by atoms with E-state index < -0.39 is 0 Å². The highest BCUT2D eigenvalue weighted by molar-refractivity contribution is 9.10. The number of hydrogen-bond acceptors (Lipinski definition) is 1. The van der Waals surface area contributed by atoms with Gasteiger partial charge in [-0.05, 0) is 55.3 Å². The molecule has 0 saturated heterocycles. The van der Waals surface area contributed by atoms with E-state index in [0.717, 1.165) is 19.0 Å². The van der Waals surface area contributed by atoms with E-state index in [1.807, 2.05) is 0 Å². The Morgan fingerprint density at radius 2 is 1.75 bits per heavy atom. The van der Waals surface area contributed by atoms with Crippen LogP contribution in [0.15, 0.2) is 28.7 Å². The summed E-state index contributed by atoms with van der Waals surface area (Å²) in [5.41, 5.74) is 1.52.